The fourth-order valence-electron chi connectivity index (χ4n) is 4.18. The Morgan fingerprint density at radius 3 is 2.48 bits per heavy atom. The second-order valence-electron chi connectivity index (χ2n) is 8.02. The molecule has 6 nitrogen and oxygen atoms in total. The van der Waals surface area contributed by atoms with E-state index in [9.17, 15) is 9.59 Å². The molecule has 2 amide bonds. The molecular formula is C24H26N4O2S. The van der Waals surface area contributed by atoms with Gasteiger partial charge in [-0.15, -0.1) is 11.3 Å². The van der Waals surface area contributed by atoms with E-state index in [1.54, 1.807) is 4.90 Å². The molecule has 0 radical (unpaired) electrons. The van der Waals surface area contributed by atoms with Crippen molar-refractivity contribution in [3.05, 3.63) is 76.0 Å². The van der Waals surface area contributed by atoms with E-state index in [0.717, 1.165) is 41.7 Å². The lowest BCUT2D eigenvalue weighted by Crippen LogP contribution is -2.46. The van der Waals surface area contributed by atoms with Crippen LogP contribution >= 0.6 is 11.3 Å². The van der Waals surface area contributed by atoms with Crippen LogP contribution < -0.4 is 10.2 Å². The van der Waals surface area contributed by atoms with E-state index in [1.165, 1.54) is 29.9 Å². The van der Waals surface area contributed by atoms with Gasteiger partial charge in [-0.3, -0.25) is 19.5 Å². The molecule has 1 aromatic carbocycles. The van der Waals surface area contributed by atoms with Crippen molar-refractivity contribution in [1.29, 1.82) is 0 Å². The molecule has 1 aliphatic rings. The van der Waals surface area contributed by atoms with Crippen LogP contribution in [0.2, 0.25) is 0 Å². The van der Waals surface area contributed by atoms with Gasteiger partial charge in [0.15, 0.2) is 6.04 Å². The van der Waals surface area contributed by atoms with E-state index < -0.39 is 6.04 Å². The summed E-state index contributed by atoms with van der Waals surface area (Å²) in [5.41, 5.74) is 2.92. The van der Waals surface area contributed by atoms with Gasteiger partial charge < -0.3 is 5.32 Å². The van der Waals surface area contributed by atoms with Crippen molar-refractivity contribution in [3.8, 4) is 0 Å². The smallest absolute Gasteiger partial charge is 0.279 e. The van der Waals surface area contributed by atoms with Gasteiger partial charge in [-0.25, -0.2) is 4.98 Å². The number of hydrogen-bond acceptors (Lipinski definition) is 5. The van der Waals surface area contributed by atoms with Crippen LogP contribution in [0.1, 0.15) is 58.2 Å². The summed E-state index contributed by atoms with van der Waals surface area (Å²) in [5.74, 6) is -0.510. The number of aromatic nitrogens is 2. The van der Waals surface area contributed by atoms with Crippen molar-refractivity contribution < 1.29 is 9.59 Å². The first-order valence-corrected chi connectivity index (χ1v) is 11.4. The van der Waals surface area contributed by atoms with Gasteiger partial charge in [0.1, 0.15) is 5.69 Å². The van der Waals surface area contributed by atoms with E-state index in [2.05, 4.69) is 15.3 Å². The zero-order valence-electron chi connectivity index (χ0n) is 17.7. The summed E-state index contributed by atoms with van der Waals surface area (Å²) in [6.07, 6.45) is 8.66. The predicted octanol–water partition coefficient (Wildman–Crippen LogP) is 4.60. The third kappa shape index (κ3) is 4.82. The van der Waals surface area contributed by atoms with Crippen molar-refractivity contribution in [3.63, 3.8) is 0 Å². The van der Waals surface area contributed by atoms with Crippen molar-refractivity contribution in [2.24, 2.45) is 0 Å². The van der Waals surface area contributed by atoms with E-state index in [0.29, 0.717) is 5.69 Å². The van der Waals surface area contributed by atoms with Crippen LogP contribution in [0.3, 0.4) is 0 Å². The number of hydrogen-bond donors (Lipinski definition) is 1. The Morgan fingerprint density at radius 2 is 1.87 bits per heavy atom. The summed E-state index contributed by atoms with van der Waals surface area (Å²) in [4.78, 5) is 37.9. The highest BCUT2D eigenvalue weighted by molar-refractivity contribution is 7.10. The molecule has 0 spiro atoms. The molecule has 1 atom stereocenters. The molecule has 1 aliphatic carbocycles. The van der Waals surface area contributed by atoms with Crippen LogP contribution in [0.25, 0.3) is 0 Å². The molecule has 0 aliphatic heterocycles. The second kappa shape index (κ2) is 9.39. The first kappa shape index (κ1) is 21.2. The first-order valence-electron chi connectivity index (χ1n) is 10.5. The molecule has 31 heavy (non-hydrogen) atoms. The minimum Gasteiger partial charge on any atom is -0.351 e. The summed E-state index contributed by atoms with van der Waals surface area (Å²) >= 11 is 1.47. The number of carbonyl (C=O) groups is 2. The lowest BCUT2D eigenvalue weighted by atomic mass is 10.1. The maximum Gasteiger partial charge on any atom is 0.279 e. The van der Waals surface area contributed by atoms with Gasteiger partial charge in [0.25, 0.3) is 5.91 Å². The largest absolute Gasteiger partial charge is 0.351 e. The Bertz CT molecular complexity index is 1030. The molecule has 1 fully saturated rings. The van der Waals surface area contributed by atoms with Gasteiger partial charge in [-0.1, -0.05) is 25.0 Å². The monoisotopic (exact) mass is 434 g/mol. The van der Waals surface area contributed by atoms with Crippen LogP contribution in [0.4, 0.5) is 5.69 Å². The summed E-state index contributed by atoms with van der Waals surface area (Å²) in [6.45, 7) is 3.97. The quantitative estimate of drug-likeness (QED) is 0.615. The molecule has 0 bridgehead atoms. The molecule has 0 saturated heterocycles. The Labute approximate surface area is 186 Å². The Kier molecular flexibility index (Phi) is 6.42. The summed E-state index contributed by atoms with van der Waals surface area (Å²) in [7, 11) is 0. The van der Waals surface area contributed by atoms with E-state index >= 15 is 0 Å². The van der Waals surface area contributed by atoms with Crippen molar-refractivity contribution in [2.75, 3.05) is 4.90 Å². The number of aryl methyl sites for hydroxylation is 2. The van der Waals surface area contributed by atoms with Crippen molar-refractivity contribution in [2.45, 2.75) is 51.6 Å². The topological polar surface area (TPSA) is 75.2 Å². The molecule has 1 N–H and O–H groups in total. The van der Waals surface area contributed by atoms with Gasteiger partial charge >= 0.3 is 0 Å². The van der Waals surface area contributed by atoms with Gasteiger partial charge in [0.2, 0.25) is 5.91 Å². The highest BCUT2D eigenvalue weighted by atomic mass is 32.1. The van der Waals surface area contributed by atoms with Crippen LogP contribution in [0.15, 0.2) is 54.3 Å². The molecule has 7 heteroatoms. The lowest BCUT2D eigenvalue weighted by Gasteiger charge is -2.31. The number of rotatable bonds is 6. The number of thiophene rings is 1. The molecule has 2 heterocycles. The minimum atomic E-state index is -0.781. The summed E-state index contributed by atoms with van der Waals surface area (Å²) < 4.78 is 0. The van der Waals surface area contributed by atoms with Crippen molar-refractivity contribution >= 4 is 28.8 Å². The SMILES string of the molecule is Cc1cc(C)cc(N(C(=O)c2cnccn2)[C@H](C(=O)NC2CCCC2)c2cccs2)c1. The van der Waals surface area contributed by atoms with E-state index in [1.807, 2.05) is 49.6 Å². The summed E-state index contributed by atoms with van der Waals surface area (Å²) in [5, 5.41) is 5.12. The maximum atomic E-state index is 13.7. The third-order valence-electron chi connectivity index (χ3n) is 5.51. The second-order valence-corrected chi connectivity index (χ2v) is 9.00. The van der Waals surface area contributed by atoms with Crippen LogP contribution in [0, 0.1) is 13.8 Å². The molecular weight excluding hydrogens is 408 g/mol. The molecule has 1 saturated carbocycles. The molecule has 2 aromatic heterocycles. The fraction of sp³-hybridized carbons (Fsp3) is 0.333. The number of anilines is 1. The molecule has 3 aromatic rings. The zero-order chi connectivity index (χ0) is 21.8. The van der Waals surface area contributed by atoms with Gasteiger partial charge in [0, 0.05) is 29.0 Å². The standard InChI is InChI=1S/C24H26N4O2S/c1-16-12-17(2)14-19(13-16)28(24(30)20-15-25-9-10-26-20)22(21-8-5-11-31-21)23(29)27-18-6-3-4-7-18/h5,8-15,18,22H,3-4,6-7H2,1-2H3,(H,27,29)/t22-/m0/s1. The summed E-state index contributed by atoms with van der Waals surface area (Å²) in [6, 6.07) is 9.10. The van der Waals surface area contributed by atoms with E-state index in [4.69, 9.17) is 0 Å². The Morgan fingerprint density at radius 1 is 1.13 bits per heavy atom. The van der Waals surface area contributed by atoms with E-state index in [-0.39, 0.29) is 23.6 Å². The van der Waals surface area contributed by atoms with Crippen molar-refractivity contribution in [1.82, 2.24) is 15.3 Å². The zero-order valence-corrected chi connectivity index (χ0v) is 18.6. The predicted molar refractivity (Wildman–Crippen MR) is 122 cm³/mol. The fourth-order valence-corrected chi connectivity index (χ4v) is 4.99. The first-order chi connectivity index (χ1) is 15.0. The normalized spacial score (nSPS) is 14.9. The number of amides is 2. The van der Waals surface area contributed by atoms with Crippen LogP contribution in [-0.2, 0) is 4.79 Å². The van der Waals surface area contributed by atoms with Crippen LogP contribution in [-0.4, -0.2) is 27.8 Å². The molecule has 160 valence electrons. The number of benzene rings is 1. The number of nitrogens with zero attached hydrogens (tertiary/aromatic N) is 3. The number of carbonyl (C=O) groups excluding carboxylic acids is 2. The molecule has 0 unspecified atom stereocenters. The van der Waals surface area contributed by atoms with Gasteiger partial charge in [-0.2, -0.15) is 0 Å². The van der Waals surface area contributed by atoms with Gasteiger partial charge in [-0.05, 0) is 61.4 Å². The highest BCUT2D eigenvalue weighted by Crippen LogP contribution is 2.33. The molecule has 4 rings (SSSR count). The minimum absolute atomic E-state index is 0.155. The average Bonchev–Trinajstić information content (AvgIpc) is 3.45. The Hall–Kier alpha value is -3.06. The lowest BCUT2D eigenvalue weighted by molar-refractivity contribution is -0.123. The van der Waals surface area contributed by atoms with Gasteiger partial charge in [0.05, 0.1) is 6.20 Å². The number of nitrogens with one attached hydrogen (secondary N) is 1. The highest BCUT2D eigenvalue weighted by Gasteiger charge is 2.36. The Balaban J connectivity index is 1.81. The maximum absolute atomic E-state index is 13.7. The average molecular weight is 435 g/mol. The van der Waals surface area contributed by atoms with Crippen LogP contribution in [0.5, 0.6) is 0 Å². The third-order valence-corrected chi connectivity index (χ3v) is 6.43.